The molecular formula is C83H164N4. The summed E-state index contributed by atoms with van der Waals surface area (Å²) in [6, 6.07) is 0. The van der Waals surface area contributed by atoms with Crippen molar-refractivity contribution in [3.8, 4) is 0 Å². The molecule has 0 aliphatic carbocycles. The van der Waals surface area contributed by atoms with E-state index in [9.17, 15) is 0 Å². The number of allylic oxidation sites excluding steroid dienone is 8. The fourth-order valence-electron chi connectivity index (χ4n) is 13.6. The molecule has 0 spiro atoms. The van der Waals surface area contributed by atoms with Gasteiger partial charge in [0.1, 0.15) is 0 Å². The summed E-state index contributed by atoms with van der Waals surface area (Å²) in [5, 5.41) is 7.75. The molecule has 0 aromatic rings. The number of nitrogens with two attached hydrogens (primary N) is 1. The van der Waals surface area contributed by atoms with E-state index in [4.69, 9.17) is 5.73 Å². The summed E-state index contributed by atoms with van der Waals surface area (Å²) in [7, 11) is 0. The van der Waals surface area contributed by atoms with E-state index < -0.39 is 0 Å². The lowest BCUT2D eigenvalue weighted by Crippen LogP contribution is -2.56. The standard InChI is InChI=1S/C83H164N4/c1-6-10-14-18-22-26-30-34-38-42-46-50-54-58-62-66-73-83(82(5)81-86-77-69-68-76-85-78-72-75-84,74-67-63-59-55-51-47-43-39-35-31-27-23-19-15-11-7-2)87(79-70-64-60-56-52-48-44-40-36-32-28-24-20-16-12-8-3)80-71-65-61-57-53-49-45-41-37-33-29-25-21-17-13-9-4/h34-41,82,85-86H,6-33,42-81,84H2,1-5H3/b38-34-,39-35-,40-36-,41-37-. The van der Waals surface area contributed by atoms with Crippen molar-refractivity contribution >= 4 is 0 Å². The molecule has 0 saturated heterocycles. The molecule has 4 N–H and O–H groups in total. The van der Waals surface area contributed by atoms with Gasteiger partial charge in [0, 0.05) is 5.54 Å². The molecule has 1 unspecified atom stereocenters. The fourth-order valence-corrected chi connectivity index (χ4v) is 13.6. The summed E-state index contributed by atoms with van der Waals surface area (Å²) in [5.41, 5.74) is 6.07. The normalized spacial score (nSPS) is 12.8. The third-order valence-corrected chi connectivity index (χ3v) is 19.6. The molecule has 1 atom stereocenters. The third kappa shape index (κ3) is 63.3. The molecule has 0 heterocycles. The predicted molar refractivity (Wildman–Crippen MR) is 399 cm³/mol. The molecule has 0 bridgehead atoms. The Bertz CT molecular complexity index is 1280. The number of hydrogen-bond acceptors (Lipinski definition) is 4. The van der Waals surface area contributed by atoms with Crippen LogP contribution in [-0.4, -0.2) is 56.3 Å². The maximum atomic E-state index is 5.79. The van der Waals surface area contributed by atoms with Crippen molar-refractivity contribution in [2.45, 2.75) is 432 Å². The van der Waals surface area contributed by atoms with Crippen LogP contribution in [0, 0.1) is 5.92 Å². The van der Waals surface area contributed by atoms with E-state index in [1.54, 1.807) is 0 Å². The molecule has 0 fully saturated rings. The lowest BCUT2D eigenvalue weighted by molar-refractivity contribution is 0.0131. The Morgan fingerprint density at radius 1 is 0.276 bits per heavy atom. The highest BCUT2D eigenvalue weighted by Crippen LogP contribution is 2.38. The molecule has 0 aliphatic rings. The van der Waals surface area contributed by atoms with Crippen molar-refractivity contribution < 1.29 is 0 Å². The summed E-state index contributed by atoms with van der Waals surface area (Å²) < 4.78 is 0. The summed E-state index contributed by atoms with van der Waals surface area (Å²) in [6.45, 7) is 19.9. The van der Waals surface area contributed by atoms with Crippen molar-refractivity contribution in [3.63, 3.8) is 0 Å². The molecular weight excluding hydrogens is 1050 g/mol. The number of hydrogen-bond donors (Lipinski definition) is 3. The van der Waals surface area contributed by atoms with Crippen LogP contribution >= 0.6 is 0 Å². The minimum atomic E-state index is 0.280. The summed E-state index contributed by atoms with van der Waals surface area (Å²) in [4.78, 5) is 3.21. The molecule has 4 nitrogen and oxygen atoms in total. The van der Waals surface area contributed by atoms with Crippen molar-refractivity contribution in [1.29, 1.82) is 0 Å². The first kappa shape index (κ1) is 85.8. The second-order valence-electron chi connectivity index (χ2n) is 28.0. The van der Waals surface area contributed by atoms with Crippen molar-refractivity contribution in [3.05, 3.63) is 48.6 Å². The zero-order chi connectivity index (χ0) is 62.8. The maximum absolute atomic E-state index is 5.79. The van der Waals surface area contributed by atoms with Crippen LogP contribution in [0.1, 0.15) is 426 Å². The van der Waals surface area contributed by atoms with Gasteiger partial charge in [-0.2, -0.15) is 0 Å². The van der Waals surface area contributed by atoms with Crippen LogP contribution in [0.5, 0.6) is 0 Å². The molecule has 0 aliphatic heterocycles. The lowest BCUT2D eigenvalue weighted by Gasteiger charge is -2.49. The van der Waals surface area contributed by atoms with Crippen LogP contribution in [0.3, 0.4) is 0 Å². The Morgan fingerprint density at radius 2 is 0.506 bits per heavy atom. The van der Waals surface area contributed by atoms with E-state index in [1.165, 1.54) is 398 Å². The van der Waals surface area contributed by atoms with Crippen molar-refractivity contribution in [2.75, 3.05) is 45.8 Å². The molecule has 0 amide bonds. The van der Waals surface area contributed by atoms with Gasteiger partial charge in [0.2, 0.25) is 0 Å². The second kappa shape index (κ2) is 75.5. The quantitative estimate of drug-likeness (QED) is 0.0420. The van der Waals surface area contributed by atoms with Crippen LogP contribution in [0.4, 0.5) is 0 Å². The first-order chi connectivity index (χ1) is 43.1. The molecule has 4 heteroatoms. The topological polar surface area (TPSA) is 53.3 Å². The van der Waals surface area contributed by atoms with E-state index in [0.717, 1.165) is 39.1 Å². The van der Waals surface area contributed by atoms with Gasteiger partial charge in [0.25, 0.3) is 0 Å². The molecule has 0 radical (unpaired) electrons. The van der Waals surface area contributed by atoms with Crippen LogP contribution in [0.15, 0.2) is 48.6 Å². The Kier molecular flexibility index (Phi) is 74.5. The molecule has 87 heavy (non-hydrogen) atoms. The van der Waals surface area contributed by atoms with Crippen LogP contribution < -0.4 is 16.4 Å². The number of rotatable bonds is 76. The van der Waals surface area contributed by atoms with Crippen LogP contribution in [0.25, 0.3) is 0 Å². The van der Waals surface area contributed by atoms with E-state index in [1.807, 2.05) is 0 Å². The average Bonchev–Trinajstić information content (AvgIpc) is 3.33. The van der Waals surface area contributed by atoms with Crippen LogP contribution in [0.2, 0.25) is 0 Å². The highest BCUT2D eigenvalue weighted by atomic mass is 15.2. The van der Waals surface area contributed by atoms with Crippen molar-refractivity contribution in [2.24, 2.45) is 11.7 Å². The highest BCUT2D eigenvalue weighted by Gasteiger charge is 2.40. The third-order valence-electron chi connectivity index (χ3n) is 19.6. The zero-order valence-electron chi connectivity index (χ0n) is 60.8. The van der Waals surface area contributed by atoms with Gasteiger partial charge in [-0.25, -0.2) is 0 Å². The maximum Gasteiger partial charge on any atom is 0.0247 e. The summed E-state index contributed by atoms with van der Waals surface area (Å²) in [6.07, 6.45) is 104. The Hall–Kier alpha value is -1.20. The summed E-state index contributed by atoms with van der Waals surface area (Å²) in [5.74, 6) is 0.648. The summed E-state index contributed by atoms with van der Waals surface area (Å²) >= 11 is 0. The van der Waals surface area contributed by atoms with Gasteiger partial charge >= 0.3 is 0 Å². The number of nitrogens with one attached hydrogen (secondary N) is 2. The van der Waals surface area contributed by atoms with Gasteiger partial charge in [0.05, 0.1) is 0 Å². The SMILES string of the molecule is CCCCCCCC/C=C\CCCCCCCCN(CCCCCCCC/C=C\CCCCCCCC)C(CCCCCCCC/C=C\CCCCCCCC)(CCCCCCCC/C=C\CCCCCCCC)C(C)CNCCCCNCCCN. The van der Waals surface area contributed by atoms with E-state index in [0.29, 0.717) is 5.92 Å². The number of unbranched alkanes of at least 4 members (excludes halogenated alkanes) is 49. The average molecular weight is 1220 g/mol. The molecule has 0 aromatic heterocycles. The highest BCUT2D eigenvalue weighted by molar-refractivity contribution is 4.96. The van der Waals surface area contributed by atoms with Gasteiger partial charge in [-0.3, -0.25) is 4.90 Å². The van der Waals surface area contributed by atoms with Crippen molar-refractivity contribution in [1.82, 2.24) is 15.5 Å². The zero-order valence-corrected chi connectivity index (χ0v) is 60.8. The van der Waals surface area contributed by atoms with Gasteiger partial charge in [-0.1, -0.05) is 327 Å². The fraction of sp³-hybridized carbons (Fsp3) is 0.904. The van der Waals surface area contributed by atoms with Gasteiger partial charge in [-0.05, 0) is 199 Å². The molecule has 0 rings (SSSR count). The Labute approximate surface area is 550 Å². The van der Waals surface area contributed by atoms with Gasteiger partial charge in [-0.15, -0.1) is 0 Å². The first-order valence-electron chi connectivity index (χ1n) is 40.6. The van der Waals surface area contributed by atoms with Gasteiger partial charge in [0.15, 0.2) is 0 Å². The second-order valence-corrected chi connectivity index (χ2v) is 28.0. The van der Waals surface area contributed by atoms with Crippen LogP contribution in [-0.2, 0) is 0 Å². The van der Waals surface area contributed by atoms with E-state index in [2.05, 4.69) is 98.8 Å². The largest absolute Gasteiger partial charge is 0.330 e. The predicted octanol–water partition coefficient (Wildman–Crippen LogP) is 26.9. The lowest BCUT2D eigenvalue weighted by atomic mass is 9.74. The Morgan fingerprint density at radius 3 is 0.782 bits per heavy atom. The first-order valence-corrected chi connectivity index (χ1v) is 40.6. The number of nitrogens with zero attached hydrogens (tertiary/aromatic N) is 1. The monoisotopic (exact) mass is 1220 g/mol. The smallest absolute Gasteiger partial charge is 0.0247 e. The minimum absolute atomic E-state index is 0.280. The molecule has 0 saturated carbocycles. The van der Waals surface area contributed by atoms with E-state index in [-0.39, 0.29) is 5.54 Å². The van der Waals surface area contributed by atoms with E-state index >= 15 is 0 Å². The molecule has 516 valence electrons. The minimum Gasteiger partial charge on any atom is -0.330 e. The Balaban J connectivity index is 6.08. The van der Waals surface area contributed by atoms with Gasteiger partial charge < -0.3 is 16.4 Å². The molecule has 0 aromatic carbocycles.